The summed E-state index contributed by atoms with van der Waals surface area (Å²) in [6, 6.07) is 7.95. The first-order chi connectivity index (χ1) is 15.3. The standard InChI is InChI=1S/C23H24ClFN4O3/c1-14-4-6-19(18(25)9-14)29-13-16(10-21(29)30)23(32)28-8-2-3-15(12-28)22(31)27-20-7-5-17(24)11-26-20/h4-7,9,11,15-16H,2-3,8,10,12-13H2,1H3,(H,26,27,31). The maximum atomic E-state index is 14.4. The molecule has 0 aliphatic carbocycles. The third kappa shape index (κ3) is 4.75. The van der Waals surface area contributed by atoms with E-state index in [1.54, 1.807) is 36.1 Å². The highest BCUT2D eigenvalue weighted by atomic mass is 35.5. The molecular weight excluding hydrogens is 435 g/mol. The van der Waals surface area contributed by atoms with Crippen LogP contribution in [0.1, 0.15) is 24.8 Å². The monoisotopic (exact) mass is 458 g/mol. The zero-order chi connectivity index (χ0) is 22.8. The topological polar surface area (TPSA) is 82.6 Å². The van der Waals surface area contributed by atoms with Crippen LogP contribution in [0.5, 0.6) is 0 Å². The van der Waals surface area contributed by atoms with Crippen molar-refractivity contribution in [2.45, 2.75) is 26.2 Å². The van der Waals surface area contributed by atoms with Crippen LogP contribution in [0.3, 0.4) is 0 Å². The Labute approximate surface area is 190 Å². The van der Waals surface area contributed by atoms with E-state index in [-0.39, 0.29) is 48.8 Å². The lowest BCUT2D eigenvalue weighted by Gasteiger charge is -2.33. The van der Waals surface area contributed by atoms with Gasteiger partial charge < -0.3 is 15.1 Å². The van der Waals surface area contributed by atoms with Crippen LogP contribution in [0.2, 0.25) is 5.02 Å². The maximum absolute atomic E-state index is 14.4. The first-order valence-corrected chi connectivity index (χ1v) is 11.0. The normalized spacial score (nSPS) is 21.0. The predicted octanol–water partition coefficient (Wildman–Crippen LogP) is 3.41. The van der Waals surface area contributed by atoms with E-state index in [9.17, 15) is 18.8 Å². The number of piperidine rings is 1. The number of carbonyl (C=O) groups is 3. The quantitative estimate of drug-likeness (QED) is 0.761. The molecule has 168 valence electrons. The van der Waals surface area contributed by atoms with Gasteiger partial charge in [0, 0.05) is 32.3 Å². The summed E-state index contributed by atoms with van der Waals surface area (Å²) in [5.74, 6) is -1.64. The van der Waals surface area contributed by atoms with Gasteiger partial charge >= 0.3 is 0 Å². The Morgan fingerprint density at radius 3 is 2.72 bits per heavy atom. The first-order valence-electron chi connectivity index (χ1n) is 10.6. The van der Waals surface area contributed by atoms with Crippen LogP contribution in [-0.4, -0.2) is 47.2 Å². The number of nitrogens with zero attached hydrogens (tertiary/aromatic N) is 3. The third-order valence-corrected chi connectivity index (χ3v) is 6.17. The second-order valence-electron chi connectivity index (χ2n) is 8.33. The second-order valence-corrected chi connectivity index (χ2v) is 8.77. The van der Waals surface area contributed by atoms with Crippen molar-refractivity contribution >= 4 is 40.8 Å². The van der Waals surface area contributed by atoms with Crippen LogP contribution in [0.15, 0.2) is 36.5 Å². The molecule has 4 rings (SSSR count). The molecule has 1 N–H and O–H groups in total. The van der Waals surface area contributed by atoms with Crippen molar-refractivity contribution in [1.29, 1.82) is 0 Å². The third-order valence-electron chi connectivity index (χ3n) is 5.95. The van der Waals surface area contributed by atoms with E-state index >= 15 is 0 Å². The highest BCUT2D eigenvalue weighted by Gasteiger charge is 2.39. The smallest absolute Gasteiger partial charge is 0.230 e. The summed E-state index contributed by atoms with van der Waals surface area (Å²) in [7, 11) is 0. The molecule has 2 aromatic rings. The second kappa shape index (κ2) is 9.24. The number of hydrogen-bond acceptors (Lipinski definition) is 4. The van der Waals surface area contributed by atoms with Gasteiger partial charge in [0.2, 0.25) is 17.7 Å². The van der Waals surface area contributed by atoms with Gasteiger partial charge in [-0.25, -0.2) is 9.37 Å². The Morgan fingerprint density at radius 1 is 1.19 bits per heavy atom. The van der Waals surface area contributed by atoms with E-state index in [0.717, 1.165) is 5.56 Å². The minimum atomic E-state index is -0.553. The van der Waals surface area contributed by atoms with Crippen molar-refractivity contribution in [3.8, 4) is 0 Å². The molecule has 1 aromatic carbocycles. The van der Waals surface area contributed by atoms with Crippen molar-refractivity contribution in [3.63, 3.8) is 0 Å². The lowest BCUT2D eigenvalue weighted by Crippen LogP contribution is -2.46. The summed E-state index contributed by atoms with van der Waals surface area (Å²) < 4.78 is 14.4. The van der Waals surface area contributed by atoms with E-state index in [1.165, 1.54) is 17.2 Å². The van der Waals surface area contributed by atoms with Gasteiger partial charge in [-0.2, -0.15) is 0 Å². The Hall–Kier alpha value is -3.00. The van der Waals surface area contributed by atoms with Gasteiger partial charge in [0.25, 0.3) is 0 Å². The molecule has 0 radical (unpaired) electrons. The number of likely N-dealkylation sites (tertiary alicyclic amines) is 1. The molecule has 2 atom stereocenters. The zero-order valence-corrected chi connectivity index (χ0v) is 18.4. The number of aryl methyl sites for hydroxylation is 1. The van der Waals surface area contributed by atoms with Crippen LogP contribution in [0, 0.1) is 24.6 Å². The minimum absolute atomic E-state index is 0.0359. The molecule has 2 aliphatic heterocycles. The van der Waals surface area contributed by atoms with Crippen molar-refractivity contribution in [2.24, 2.45) is 11.8 Å². The van der Waals surface area contributed by atoms with E-state index in [0.29, 0.717) is 30.2 Å². The van der Waals surface area contributed by atoms with E-state index < -0.39 is 11.7 Å². The molecule has 0 bridgehead atoms. The van der Waals surface area contributed by atoms with Gasteiger partial charge in [-0.1, -0.05) is 17.7 Å². The number of aromatic nitrogens is 1. The van der Waals surface area contributed by atoms with E-state index in [2.05, 4.69) is 10.3 Å². The largest absolute Gasteiger partial charge is 0.342 e. The number of anilines is 2. The molecule has 2 aliphatic rings. The predicted molar refractivity (Wildman–Crippen MR) is 119 cm³/mol. The SMILES string of the molecule is Cc1ccc(N2CC(C(=O)N3CCCC(C(=O)Nc4ccc(Cl)cn4)C3)CC2=O)c(F)c1. The van der Waals surface area contributed by atoms with Gasteiger partial charge in [0.05, 0.1) is 22.5 Å². The number of rotatable bonds is 4. The van der Waals surface area contributed by atoms with Gasteiger partial charge in [-0.05, 0) is 49.6 Å². The highest BCUT2D eigenvalue weighted by Crippen LogP contribution is 2.30. The number of pyridine rings is 1. The Balaban J connectivity index is 1.39. The van der Waals surface area contributed by atoms with Crippen LogP contribution in [-0.2, 0) is 14.4 Å². The molecule has 7 nitrogen and oxygen atoms in total. The van der Waals surface area contributed by atoms with Gasteiger partial charge in [0.1, 0.15) is 11.6 Å². The minimum Gasteiger partial charge on any atom is -0.342 e. The fourth-order valence-corrected chi connectivity index (χ4v) is 4.38. The Kier molecular flexibility index (Phi) is 6.41. The number of carbonyl (C=O) groups excluding carboxylic acids is 3. The summed E-state index contributed by atoms with van der Waals surface area (Å²) >= 11 is 5.82. The number of amides is 3. The van der Waals surface area contributed by atoms with Crippen molar-refractivity contribution < 1.29 is 18.8 Å². The van der Waals surface area contributed by atoms with Crippen molar-refractivity contribution in [3.05, 3.63) is 52.9 Å². The van der Waals surface area contributed by atoms with Gasteiger partial charge in [-0.3, -0.25) is 14.4 Å². The number of halogens is 2. The fraction of sp³-hybridized carbons (Fsp3) is 0.391. The molecule has 1 aromatic heterocycles. The van der Waals surface area contributed by atoms with Crippen LogP contribution in [0.4, 0.5) is 15.9 Å². The average Bonchev–Trinajstić information content (AvgIpc) is 3.16. The lowest BCUT2D eigenvalue weighted by atomic mass is 9.95. The number of hydrogen-bond donors (Lipinski definition) is 1. The summed E-state index contributed by atoms with van der Waals surface area (Å²) in [5, 5.41) is 3.24. The zero-order valence-electron chi connectivity index (χ0n) is 17.7. The fourth-order valence-electron chi connectivity index (χ4n) is 4.26. The Morgan fingerprint density at radius 2 is 2.00 bits per heavy atom. The first kappa shape index (κ1) is 22.2. The molecule has 2 fully saturated rings. The molecular formula is C23H24ClFN4O3. The summed E-state index contributed by atoms with van der Waals surface area (Å²) in [5.41, 5.74) is 0.958. The van der Waals surface area contributed by atoms with E-state index in [1.807, 2.05) is 0 Å². The van der Waals surface area contributed by atoms with Crippen LogP contribution < -0.4 is 10.2 Å². The summed E-state index contributed by atoms with van der Waals surface area (Å²) in [4.78, 5) is 45.4. The summed E-state index contributed by atoms with van der Waals surface area (Å²) in [6.45, 7) is 2.73. The molecule has 32 heavy (non-hydrogen) atoms. The average molecular weight is 459 g/mol. The molecule has 3 heterocycles. The highest BCUT2D eigenvalue weighted by molar-refractivity contribution is 6.30. The molecule has 2 unspecified atom stereocenters. The molecule has 0 spiro atoms. The van der Waals surface area contributed by atoms with Crippen molar-refractivity contribution in [2.75, 3.05) is 29.9 Å². The van der Waals surface area contributed by atoms with Gasteiger partial charge in [-0.15, -0.1) is 0 Å². The van der Waals surface area contributed by atoms with Crippen molar-refractivity contribution in [1.82, 2.24) is 9.88 Å². The maximum Gasteiger partial charge on any atom is 0.230 e. The van der Waals surface area contributed by atoms with Gasteiger partial charge in [0.15, 0.2) is 0 Å². The molecule has 3 amide bonds. The molecule has 2 saturated heterocycles. The van der Waals surface area contributed by atoms with E-state index in [4.69, 9.17) is 11.6 Å². The lowest BCUT2D eigenvalue weighted by molar-refractivity contribution is -0.138. The molecule has 9 heteroatoms. The van der Waals surface area contributed by atoms with Crippen LogP contribution in [0.25, 0.3) is 0 Å². The molecule has 0 saturated carbocycles. The van der Waals surface area contributed by atoms with Crippen LogP contribution >= 0.6 is 11.6 Å². The Bertz CT molecular complexity index is 1050. The number of benzene rings is 1. The number of nitrogens with one attached hydrogen (secondary N) is 1. The summed E-state index contributed by atoms with van der Waals surface area (Å²) in [6.07, 6.45) is 2.84.